The van der Waals surface area contributed by atoms with Crippen molar-refractivity contribution in [1.82, 2.24) is 0 Å². The monoisotopic (exact) mass is 458 g/mol. The average Bonchev–Trinajstić information content (AvgIpc) is 3.24. The van der Waals surface area contributed by atoms with Crippen LogP contribution in [0.1, 0.15) is 85.3 Å². The van der Waals surface area contributed by atoms with Gasteiger partial charge in [0.1, 0.15) is 0 Å². The summed E-state index contributed by atoms with van der Waals surface area (Å²) in [4.78, 5) is 0. The number of allylic oxidation sites excluding steroid dienone is 3. The van der Waals surface area contributed by atoms with Gasteiger partial charge < -0.3 is 0 Å². The van der Waals surface area contributed by atoms with E-state index >= 15 is 0 Å². The van der Waals surface area contributed by atoms with Crippen LogP contribution in [-0.4, -0.2) is 0 Å². The van der Waals surface area contributed by atoms with Crippen molar-refractivity contribution in [2.45, 2.75) is 64.7 Å². The van der Waals surface area contributed by atoms with Gasteiger partial charge in [0.05, 0.1) is 0 Å². The summed E-state index contributed by atoms with van der Waals surface area (Å²) in [6.07, 6.45) is 12.7. The summed E-state index contributed by atoms with van der Waals surface area (Å²) in [6, 6.07) is 23.3. The molecule has 0 aliphatic heterocycles. The van der Waals surface area contributed by atoms with E-state index in [0.717, 1.165) is 19.3 Å². The normalized spacial score (nSPS) is 17.5. The lowest BCUT2D eigenvalue weighted by Gasteiger charge is -2.19. The smallest absolute Gasteiger partial charge is 0.00254 e. The van der Waals surface area contributed by atoms with Crippen molar-refractivity contribution < 1.29 is 0 Å². The first kappa shape index (κ1) is 23.6. The number of rotatable bonds is 6. The molecule has 0 bridgehead atoms. The van der Waals surface area contributed by atoms with Crippen LogP contribution in [0.2, 0.25) is 0 Å². The second-order valence-electron chi connectivity index (χ2n) is 10.9. The molecule has 0 aromatic heterocycles. The largest absolute Gasteiger partial charge is 0.0999 e. The highest BCUT2D eigenvalue weighted by Crippen LogP contribution is 2.38. The number of hydrogen-bond donors (Lipinski definition) is 0. The van der Waals surface area contributed by atoms with E-state index in [-0.39, 0.29) is 0 Å². The summed E-state index contributed by atoms with van der Waals surface area (Å²) < 4.78 is 0. The summed E-state index contributed by atoms with van der Waals surface area (Å²) >= 11 is 0. The van der Waals surface area contributed by atoms with E-state index in [1.165, 1.54) is 81.3 Å². The fourth-order valence-electron chi connectivity index (χ4n) is 5.74. The zero-order chi connectivity index (χ0) is 24.4. The molecule has 0 radical (unpaired) electrons. The molecule has 3 aromatic carbocycles. The minimum atomic E-state index is 0.470. The first-order valence-corrected chi connectivity index (χ1v) is 13.4. The van der Waals surface area contributed by atoms with Gasteiger partial charge in [-0.2, -0.15) is 0 Å². The van der Waals surface area contributed by atoms with Gasteiger partial charge in [-0.3, -0.25) is 0 Å². The Bertz CT molecular complexity index is 1270. The molecule has 1 fully saturated rings. The Morgan fingerprint density at radius 2 is 1.77 bits per heavy atom. The first-order valence-electron chi connectivity index (χ1n) is 13.4. The lowest BCUT2D eigenvalue weighted by Crippen LogP contribution is -2.01. The molecule has 1 saturated carbocycles. The van der Waals surface area contributed by atoms with Crippen LogP contribution in [0.5, 0.6) is 0 Å². The van der Waals surface area contributed by atoms with Gasteiger partial charge in [-0.1, -0.05) is 105 Å². The highest BCUT2D eigenvalue weighted by atomic mass is 14.2. The number of fused-ring (bicyclic) bond motifs is 1. The second kappa shape index (κ2) is 10.2. The maximum atomic E-state index is 4.30. The van der Waals surface area contributed by atoms with Crippen molar-refractivity contribution in [2.24, 2.45) is 5.92 Å². The first-order chi connectivity index (χ1) is 17.0. The van der Waals surface area contributed by atoms with Crippen molar-refractivity contribution in [3.8, 4) is 11.1 Å². The molecule has 0 heteroatoms. The summed E-state index contributed by atoms with van der Waals surface area (Å²) in [5.41, 5.74) is 13.8. The molecule has 1 unspecified atom stereocenters. The molecule has 2 aliphatic rings. The molecule has 0 spiro atoms. The van der Waals surface area contributed by atoms with Crippen LogP contribution in [0.4, 0.5) is 0 Å². The van der Waals surface area contributed by atoms with Gasteiger partial charge in [0.2, 0.25) is 0 Å². The maximum absolute atomic E-state index is 4.30. The molecule has 0 amide bonds. The second-order valence-corrected chi connectivity index (χ2v) is 10.9. The summed E-state index contributed by atoms with van der Waals surface area (Å²) in [5, 5.41) is 0. The SMILES string of the molecule is C=C1CCCC(c2cc(Cc3ccc(C(=C)C(C)C)cc3)cc(-c3cccc4c3C=CC4)c2)CC1. The van der Waals surface area contributed by atoms with Gasteiger partial charge >= 0.3 is 0 Å². The van der Waals surface area contributed by atoms with Gasteiger partial charge in [0, 0.05) is 0 Å². The van der Waals surface area contributed by atoms with Crippen LogP contribution in [0.25, 0.3) is 22.8 Å². The van der Waals surface area contributed by atoms with E-state index in [2.05, 4.69) is 99.8 Å². The zero-order valence-electron chi connectivity index (χ0n) is 21.4. The van der Waals surface area contributed by atoms with Gasteiger partial charge in [-0.05, 0) is 107 Å². The van der Waals surface area contributed by atoms with E-state index < -0.39 is 0 Å². The van der Waals surface area contributed by atoms with Crippen molar-refractivity contribution in [3.05, 3.63) is 119 Å². The average molecular weight is 459 g/mol. The van der Waals surface area contributed by atoms with Gasteiger partial charge in [-0.15, -0.1) is 0 Å². The van der Waals surface area contributed by atoms with Crippen LogP contribution in [0.3, 0.4) is 0 Å². The topological polar surface area (TPSA) is 0 Å². The fourth-order valence-corrected chi connectivity index (χ4v) is 5.74. The Morgan fingerprint density at radius 3 is 2.57 bits per heavy atom. The van der Waals surface area contributed by atoms with Crippen molar-refractivity contribution in [2.75, 3.05) is 0 Å². The molecule has 0 saturated heterocycles. The quantitative estimate of drug-likeness (QED) is 0.255. The number of hydrogen-bond acceptors (Lipinski definition) is 0. The van der Waals surface area contributed by atoms with Crippen molar-refractivity contribution in [3.63, 3.8) is 0 Å². The summed E-state index contributed by atoms with van der Waals surface area (Å²) in [6.45, 7) is 13.0. The highest BCUT2D eigenvalue weighted by molar-refractivity contribution is 5.80. The zero-order valence-corrected chi connectivity index (χ0v) is 21.4. The van der Waals surface area contributed by atoms with Crippen LogP contribution in [0, 0.1) is 5.92 Å². The Hall–Kier alpha value is -3.12. The predicted molar refractivity (Wildman–Crippen MR) is 153 cm³/mol. The van der Waals surface area contributed by atoms with Gasteiger partial charge in [0.15, 0.2) is 0 Å². The fraction of sp³-hybridized carbons (Fsp3) is 0.314. The molecule has 35 heavy (non-hydrogen) atoms. The van der Waals surface area contributed by atoms with Crippen molar-refractivity contribution >= 4 is 11.6 Å². The lowest BCUT2D eigenvalue weighted by atomic mass is 9.86. The Kier molecular flexibility index (Phi) is 6.91. The summed E-state index contributed by atoms with van der Waals surface area (Å²) in [7, 11) is 0. The molecule has 2 aliphatic carbocycles. The lowest BCUT2D eigenvalue weighted by molar-refractivity contribution is 0.594. The predicted octanol–water partition coefficient (Wildman–Crippen LogP) is 9.79. The molecule has 3 aromatic rings. The van der Waals surface area contributed by atoms with Crippen LogP contribution < -0.4 is 0 Å². The van der Waals surface area contributed by atoms with Crippen LogP contribution in [0.15, 0.2) is 85.5 Å². The van der Waals surface area contributed by atoms with Crippen LogP contribution >= 0.6 is 0 Å². The molecular weight excluding hydrogens is 420 g/mol. The molecular formula is C35H38. The molecule has 0 heterocycles. The van der Waals surface area contributed by atoms with E-state index in [4.69, 9.17) is 0 Å². The molecule has 5 rings (SSSR count). The molecule has 1 atom stereocenters. The number of benzene rings is 3. The Morgan fingerprint density at radius 1 is 0.943 bits per heavy atom. The van der Waals surface area contributed by atoms with Crippen LogP contribution in [-0.2, 0) is 12.8 Å². The van der Waals surface area contributed by atoms with E-state index in [9.17, 15) is 0 Å². The third-order valence-corrected chi connectivity index (χ3v) is 7.98. The van der Waals surface area contributed by atoms with E-state index in [1.807, 2.05) is 0 Å². The van der Waals surface area contributed by atoms with Gasteiger partial charge in [-0.25, -0.2) is 0 Å². The molecule has 0 N–H and O–H groups in total. The Labute approximate surface area is 212 Å². The van der Waals surface area contributed by atoms with Gasteiger partial charge in [0.25, 0.3) is 0 Å². The molecule has 0 nitrogen and oxygen atoms in total. The summed E-state index contributed by atoms with van der Waals surface area (Å²) in [5.74, 6) is 1.09. The highest BCUT2D eigenvalue weighted by Gasteiger charge is 2.19. The molecule has 178 valence electrons. The third-order valence-electron chi connectivity index (χ3n) is 7.98. The standard InChI is InChI=1S/C35H38/c1-24(2)26(4)29-18-15-27(16-19-29)20-28-21-32(30-9-5-8-25(3)14-17-30)23-33(22-28)35-13-7-11-31-10-6-12-34(31)35/h6-7,11-13,15-16,18-19,21-24,30H,3-5,8-10,14,17,20H2,1-2H3. The van der Waals surface area contributed by atoms with E-state index in [1.54, 1.807) is 0 Å². The van der Waals surface area contributed by atoms with Crippen molar-refractivity contribution in [1.29, 1.82) is 0 Å². The third kappa shape index (κ3) is 5.27. The maximum Gasteiger partial charge on any atom is -0.00254 e. The minimum Gasteiger partial charge on any atom is -0.0999 e. The Balaban J connectivity index is 1.51. The minimum absolute atomic E-state index is 0.470. The van der Waals surface area contributed by atoms with E-state index in [0.29, 0.717) is 11.8 Å².